The number of alkyl carbamates (subject to hydrolysis) is 1. The van der Waals surface area contributed by atoms with Crippen molar-refractivity contribution < 1.29 is 28.9 Å². The number of aliphatic hydroxyl groups is 1. The van der Waals surface area contributed by atoms with E-state index in [4.69, 9.17) is 25.8 Å². The van der Waals surface area contributed by atoms with E-state index < -0.39 is 17.7 Å². The van der Waals surface area contributed by atoms with Gasteiger partial charge in [-0.1, -0.05) is 23.4 Å². The van der Waals surface area contributed by atoms with Gasteiger partial charge in [-0.15, -0.1) is 0 Å². The number of hydrogen-bond acceptors (Lipinski definition) is 12. The molecular weight excluding hydrogens is 596 g/mol. The third-order valence-corrected chi connectivity index (χ3v) is 9.63. The first kappa shape index (κ1) is 31.6. The number of pyridine rings is 1. The van der Waals surface area contributed by atoms with Gasteiger partial charge in [0, 0.05) is 36.1 Å². The minimum Gasteiger partial charge on any atom is -0.464 e. The highest BCUT2D eigenvalue weighted by molar-refractivity contribution is 7.99. The molecule has 1 amide bonds. The van der Waals surface area contributed by atoms with Crippen LogP contribution in [-0.4, -0.2) is 96.4 Å². The zero-order valence-corrected chi connectivity index (χ0v) is 26.5. The monoisotopic (exact) mass is 634 g/mol. The number of aromatic nitrogens is 3. The van der Waals surface area contributed by atoms with Crippen LogP contribution in [0.4, 0.5) is 16.4 Å². The number of carbonyl (C=O) groups excluding carboxylic acids is 2. The Balaban J connectivity index is 1.31. The predicted molar refractivity (Wildman–Crippen MR) is 162 cm³/mol. The summed E-state index contributed by atoms with van der Waals surface area (Å²) in [6.07, 6.45) is 6.16. The van der Waals surface area contributed by atoms with Crippen LogP contribution in [-0.2, 0) is 14.2 Å². The second-order valence-electron chi connectivity index (χ2n) is 12.2. The number of methoxy groups -OCH3 is 1. The highest BCUT2D eigenvalue weighted by Gasteiger charge is 2.47. The van der Waals surface area contributed by atoms with Crippen molar-refractivity contribution in [3.63, 3.8) is 0 Å². The van der Waals surface area contributed by atoms with Gasteiger partial charge in [0.25, 0.3) is 0 Å². The lowest BCUT2D eigenvalue weighted by Crippen LogP contribution is -2.53. The van der Waals surface area contributed by atoms with Crippen molar-refractivity contribution in [1.29, 1.82) is 0 Å². The molecule has 1 unspecified atom stereocenters. The first-order chi connectivity index (χ1) is 20.5. The number of ether oxygens (including phenoxy) is 3. The van der Waals surface area contributed by atoms with E-state index in [1.54, 1.807) is 18.5 Å². The lowest BCUT2D eigenvalue weighted by atomic mass is 9.74. The van der Waals surface area contributed by atoms with Crippen LogP contribution >= 0.6 is 23.4 Å². The summed E-state index contributed by atoms with van der Waals surface area (Å²) in [5.74, 6) is 0.493. The van der Waals surface area contributed by atoms with Crippen LogP contribution in [0.5, 0.6) is 0 Å². The third kappa shape index (κ3) is 6.95. The Hall–Kier alpha value is -2.87. The van der Waals surface area contributed by atoms with Gasteiger partial charge in [-0.25, -0.2) is 24.5 Å². The molecule has 0 aromatic carbocycles. The quantitative estimate of drug-likeness (QED) is 0.427. The Bertz CT molecular complexity index is 1340. The summed E-state index contributed by atoms with van der Waals surface area (Å²) in [6, 6.07) is 1.61. The smallest absolute Gasteiger partial charge is 0.407 e. The van der Waals surface area contributed by atoms with Crippen molar-refractivity contribution >= 4 is 47.1 Å². The summed E-state index contributed by atoms with van der Waals surface area (Å²) >= 11 is 8.07. The van der Waals surface area contributed by atoms with Crippen molar-refractivity contribution in [1.82, 2.24) is 20.3 Å². The van der Waals surface area contributed by atoms with Crippen molar-refractivity contribution in [2.45, 2.75) is 74.1 Å². The zero-order valence-electron chi connectivity index (χ0n) is 25.0. The Morgan fingerprint density at radius 2 is 2.00 bits per heavy atom. The summed E-state index contributed by atoms with van der Waals surface area (Å²) < 4.78 is 16.4. The average Bonchev–Trinajstić information content (AvgIpc) is 3.60. The van der Waals surface area contributed by atoms with Crippen LogP contribution in [0.25, 0.3) is 0 Å². The number of piperidine rings is 1. The van der Waals surface area contributed by atoms with Gasteiger partial charge < -0.3 is 34.4 Å². The van der Waals surface area contributed by atoms with E-state index in [-0.39, 0.29) is 29.8 Å². The molecule has 2 aromatic heterocycles. The van der Waals surface area contributed by atoms with Gasteiger partial charge in [0.15, 0.2) is 11.5 Å². The molecule has 0 bridgehead atoms. The molecule has 43 heavy (non-hydrogen) atoms. The minimum atomic E-state index is -0.588. The molecule has 0 saturated carbocycles. The number of nitrogens with one attached hydrogen (secondary N) is 1. The fraction of sp³-hybridized carbons (Fsp3) is 0.621. The summed E-state index contributed by atoms with van der Waals surface area (Å²) in [6.45, 7) is 8.48. The van der Waals surface area contributed by atoms with Crippen molar-refractivity contribution in [3.8, 4) is 0 Å². The zero-order chi connectivity index (χ0) is 30.8. The lowest BCUT2D eigenvalue weighted by molar-refractivity contribution is 0.0454. The summed E-state index contributed by atoms with van der Waals surface area (Å²) in [7, 11) is 1.32. The van der Waals surface area contributed by atoms with Crippen LogP contribution in [0.2, 0.25) is 5.02 Å². The Morgan fingerprint density at radius 3 is 2.70 bits per heavy atom. The van der Waals surface area contributed by atoms with Gasteiger partial charge in [0.1, 0.15) is 16.4 Å². The number of carbonyl (C=O) groups is 2. The highest BCUT2D eigenvalue weighted by Crippen LogP contribution is 2.42. The molecule has 234 valence electrons. The van der Waals surface area contributed by atoms with Gasteiger partial charge in [0.2, 0.25) is 0 Å². The van der Waals surface area contributed by atoms with E-state index in [2.05, 4.69) is 20.3 Å². The van der Waals surface area contributed by atoms with E-state index in [1.807, 2.05) is 30.6 Å². The molecule has 2 atom stereocenters. The van der Waals surface area contributed by atoms with Crippen LogP contribution in [0.15, 0.2) is 28.4 Å². The number of amides is 1. The second kappa shape index (κ2) is 13.0. The summed E-state index contributed by atoms with van der Waals surface area (Å²) in [4.78, 5) is 43.9. The molecule has 5 heterocycles. The van der Waals surface area contributed by atoms with E-state index >= 15 is 0 Å². The molecule has 3 fully saturated rings. The maximum atomic E-state index is 12.9. The number of nitrogens with zero attached hydrogens (tertiary/aromatic N) is 5. The summed E-state index contributed by atoms with van der Waals surface area (Å²) in [5.41, 5.74) is -0.697. The molecule has 0 aliphatic carbocycles. The molecule has 14 heteroatoms. The van der Waals surface area contributed by atoms with Crippen molar-refractivity contribution in [2.75, 3.05) is 56.4 Å². The topological polar surface area (TPSA) is 139 Å². The molecular formula is C29H39ClN6O6S. The lowest BCUT2D eigenvalue weighted by Gasteiger charge is -2.42. The third-order valence-electron chi connectivity index (χ3n) is 8.18. The number of esters is 1. The number of hydrogen-bond donors (Lipinski definition) is 2. The average molecular weight is 635 g/mol. The maximum Gasteiger partial charge on any atom is 0.407 e. The molecule has 3 aliphatic rings. The normalized spacial score (nSPS) is 21.7. The Morgan fingerprint density at radius 1 is 1.23 bits per heavy atom. The van der Waals surface area contributed by atoms with Crippen molar-refractivity contribution in [2.24, 2.45) is 5.41 Å². The molecule has 12 nitrogen and oxygen atoms in total. The molecule has 2 aromatic rings. The molecule has 1 spiro atoms. The van der Waals surface area contributed by atoms with Crippen LogP contribution in [0.1, 0.15) is 56.9 Å². The maximum absolute atomic E-state index is 12.9. The first-order valence-corrected chi connectivity index (χ1v) is 15.7. The van der Waals surface area contributed by atoms with Crippen LogP contribution < -0.4 is 15.1 Å². The fourth-order valence-corrected chi connectivity index (χ4v) is 7.06. The van der Waals surface area contributed by atoms with Gasteiger partial charge in [-0.2, -0.15) is 0 Å². The molecule has 5 rings (SSSR count). The number of anilines is 2. The number of aliphatic hydroxyl groups excluding tert-OH is 1. The SMILES string of the molecule is COC(=O)c1nc(Sc2ccnc(N3CCCC3CO)c2Cl)cnc1N1CCC2(CC1)COC[C@H]2NC(=O)OC(C)(C)C. The van der Waals surface area contributed by atoms with Gasteiger partial charge in [-0.05, 0) is 52.5 Å². The summed E-state index contributed by atoms with van der Waals surface area (Å²) in [5, 5.41) is 13.7. The largest absolute Gasteiger partial charge is 0.464 e. The molecule has 3 saturated heterocycles. The van der Waals surface area contributed by atoms with E-state index in [0.717, 1.165) is 37.1 Å². The van der Waals surface area contributed by atoms with E-state index in [0.29, 0.717) is 48.0 Å². The number of rotatable bonds is 7. The van der Waals surface area contributed by atoms with E-state index in [1.165, 1.54) is 18.9 Å². The van der Waals surface area contributed by atoms with Crippen molar-refractivity contribution in [3.05, 3.63) is 29.2 Å². The fourth-order valence-electron chi connectivity index (χ4n) is 5.95. The van der Waals surface area contributed by atoms with Gasteiger partial charge in [0.05, 0.1) is 50.2 Å². The number of halogens is 1. The predicted octanol–water partition coefficient (Wildman–Crippen LogP) is 3.93. The van der Waals surface area contributed by atoms with Gasteiger partial charge in [-0.3, -0.25) is 0 Å². The standard InChI is InChI=1S/C29H39ClN6O6S/c1-28(2,3)42-27(39)33-20-16-41-17-29(20)8-12-35(13-9-29)25-23(26(38)40-4)34-21(14-32-25)43-19-7-10-31-24(22(19)30)36-11-5-6-18(36)15-37/h7,10,14,18,20,37H,5-6,8-9,11-13,15-17H2,1-4H3,(H,33,39)/t18?,20-/m1/s1. The Kier molecular flexibility index (Phi) is 9.55. The van der Waals surface area contributed by atoms with Gasteiger partial charge >= 0.3 is 12.1 Å². The second-order valence-corrected chi connectivity index (χ2v) is 13.6. The van der Waals surface area contributed by atoms with Crippen LogP contribution in [0.3, 0.4) is 0 Å². The minimum absolute atomic E-state index is 0.0156. The first-order valence-electron chi connectivity index (χ1n) is 14.5. The molecule has 3 aliphatic heterocycles. The molecule has 2 N–H and O–H groups in total. The van der Waals surface area contributed by atoms with Crippen LogP contribution in [0, 0.1) is 5.41 Å². The Labute approximate surface area is 260 Å². The highest BCUT2D eigenvalue weighted by atomic mass is 35.5. The van der Waals surface area contributed by atoms with E-state index in [9.17, 15) is 14.7 Å². The molecule has 0 radical (unpaired) electrons.